The quantitative estimate of drug-likeness (QED) is 0.708. The number of ether oxygens (including phenoxy) is 1. The number of hydrogen-bond acceptors (Lipinski definition) is 5. The average molecular weight is 446 g/mol. The first-order valence-electron chi connectivity index (χ1n) is 10.8. The zero-order valence-electron chi connectivity index (χ0n) is 19.6. The second kappa shape index (κ2) is 9.59. The van der Waals surface area contributed by atoms with Crippen LogP contribution in [0.3, 0.4) is 0 Å². The van der Waals surface area contributed by atoms with Gasteiger partial charge in [0.15, 0.2) is 0 Å². The van der Waals surface area contributed by atoms with Gasteiger partial charge in [0.1, 0.15) is 5.75 Å². The van der Waals surface area contributed by atoms with Gasteiger partial charge in [-0.3, -0.25) is 4.90 Å². The minimum absolute atomic E-state index is 0.405. The van der Waals surface area contributed by atoms with Crippen molar-refractivity contribution in [3.63, 3.8) is 0 Å². The Morgan fingerprint density at radius 2 is 1.42 bits per heavy atom. The summed E-state index contributed by atoms with van der Waals surface area (Å²) in [6.45, 7) is 14.5. The number of rotatable bonds is 7. The third-order valence-corrected chi connectivity index (χ3v) is 8.45. The van der Waals surface area contributed by atoms with Crippen LogP contribution in [0.25, 0.3) is 0 Å². The molecule has 0 bridgehead atoms. The van der Waals surface area contributed by atoms with E-state index in [9.17, 15) is 8.42 Å². The van der Waals surface area contributed by atoms with Gasteiger partial charge in [0, 0.05) is 39.3 Å². The van der Waals surface area contributed by atoms with Crippen LogP contribution in [0.2, 0.25) is 0 Å². The van der Waals surface area contributed by atoms with Crippen LogP contribution >= 0.6 is 0 Å². The van der Waals surface area contributed by atoms with Gasteiger partial charge in [0.25, 0.3) is 0 Å². The van der Waals surface area contributed by atoms with Gasteiger partial charge < -0.3 is 9.64 Å². The maximum Gasteiger partial charge on any atom is 0.241 e. The van der Waals surface area contributed by atoms with E-state index in [0.29, 0.717) is 18.0 Å². The van der Waals surface area contributed by atoms with Crippen molar-refractivity contribution in [1.29, 1.82) is 0 Å². The number of hydrogen-bond donors (Lipinski definition) is 1. The van der Waals surface area contributed by atoms with E-state index in [1.165, 1.54) is 5.56 Å². The smallest absolute Gasteiger partial charge is 0.241 e. The van der Waals surface area contributed by atoms with E-state index in [0.717, 1.165) is 59.9 Å². The molecule has 170 valence electrons. The third-order valence-electron chi connectivity index (χ3n) is 6.72. The Balaban J connectivity index is 1.59. The zero-order chi connectivity index (χ0) is 22.8. The van der Waals surface area contributed by atoms with Gasteiger partial charge in [-0.15, -0.1) is 0 Å². The lowest BCUT2D eigenvalue weighted by atomic mass is 9.95. The summed E-state index contributed by atoms with van der Waals surface area (Å²) in [6.07, 6.45) is 0. The summed E-state index contributed by atoms with van der Waals surface area (Å²) in [5, 5.41) is 0. The van der Waals surface area contributed by atoms with Gasteiger partial charge in [-0.1, -0.05) is 12.1 Å². The van der Waals surface area contributed by atoms with E-state index in [1.54, 1.807) is 7.11 Å². The van der Waals surface area contributed by atoms with Crippen LogP contribution in [0.1, 0.15) is 27.8 Å². The van der Waals surface area contributed by atoms with Crippen LogP contribution in [0.5, 0.6) is 5.75 Å². The molecule has 0 aromatic heterocycles. The molecule has 2 aromatic carbocycles. The highest BCUT2D eigenvalue weighted by Crippen LogP contribution is 2.30. The largest absolute Gasteiger partial charge is 0.495 e. The number of sulfonamides is 1. The maximum absolute atomic E-state index is 13.1. The van der Waals surface area contributed by atoms with Gasteiger partial charge >= 0.3 is 0 Å². The third kappa shape index (κ3) is 4.89. The lowest BCUT2D eigenvalue weighted by molar-refractivity contribution is 0.261. The Morgan fingerprint density at radius 1 is 0.871 bits per heavy atom. The molecule has 1 aliphatic heterocycles. The summed E-state index contributed by atoms with van der Waals surface area (Å²) in [5.74, 6) is 0.887. The van der Waals surface area contributed by atoms with Crippen molar-refractivity contribution in [3.8, 4) is 5.75 Å². The number of nitrogens with one attached hydrogen (secondary N) is 1. The lowest BCUT2D eigenvalue weighted by Gasteiger charge is -2.36. The summed E-state index contributed by atoms with van der Waals surface area (Å²) in [7, 11) is -1.85. The Bertz CT molecular complexity index is 1010. The van der Waals surface area contributed by atoms with Crippen LogP contribution in [-0.4, -0.2) is 59.7 Å². The van der Waals surface area contributed by atoms with Crippen molar-refractivity contribution in [3.05, 3.63) is 52.1 Å². The predicted molar refractivity (Wildman–Crippen MR) is 127 cm³/mol. The van der Waals surface area contributed by atoms with Gasteiger partial charge in [-0.25, -0.2) is 13.1 Å². The molecule has 0 radical (unpaired) electrons. The highest BCUT2D eigenvalue weighted by molar-refractivity contribution is 7.89. The second-order valence-corrected chi connectivity index (χ2v) is 10.1. The highest BCUT2D eigenvalue weighted by Gasteiger charge is 2.24. The van der Waals surface area contributed by atoms with E-state index in [4.69, 9.17) is 4.74 Å². The average Bonchev–Trinajstić information content (AvgIpc) is 2.76. The van der Waals surface area contributed by atoms with Crippen LogP contribution in [0.4, 0.5) is 5.69 Å². The van der Waals surface area contributed by atoms with E-state index < -0.39 is 10.0 Å². The van der Waals surface area contributed by atoms with Crippen molar-refractivity contribution in [1.82, 2.24) is 9.62 Å². The number of piperazine rings is 1. The summed E-state index contributed by atoms with van der Waals surface area (Å²) in [5.41, 5.74) is 6.08. The molecular formula is C24H35N3O3S. The SMILES string of the molecule is COc1ccccc1N1CCN(CCNS(=O)(=O)c2c(C)c(C)c(C)c(C)c2C)CC1. The number of methoxy groups -OCH3 is 1. The van der Waals surface area contributed by atoms with E-state index in [1.807, 2.05) is 45.9 Å². The first-order chi connectivity index (χ1) is 14.7. The fourth-order valence-corrected chi connectivity index (χ4v) is 6.00. The van der Waals surface area contributed by atoms with Crippen molar-refractivity contribution < 1.29 is 13.2 Å². The van der Waals surface area contributed by atoms with Gasteiger partial charge in [0.05, 0.1) is 17.7 Å². The van der Waals surface area contributed by atoms with Crippen molar-refractivity contribution >= 4 is 15.7 Å². The van der Waals surface area contributed by atoms with Gasteiger partial charge in [-0.05, 0) is 74.6 Å². The molecule has 3 rings (SSSR count). The topological polar surface area (TPSA) is 61.9 Å². The van der Waals surface area contributed by atoms with Crippen LogP contribution in [0, 0.1) is 34.6 Å². The Kier molecular flexibility index (Phi) is 7.29. The van der Waals surface area contributed by atoms with E-state index >= 15 is 0 Å². The first kappa shape index (κ1) is 23.6. The molecule has 0 atom stereocenters. The maximum atomic E-state index is 13.1. The summed E-state index contributed by atoms with van der Waals surface area (Å²) in [4.78, 5) is 5.07. The zero-order valence-corrected chi connectivity index (χ0v) is 20.4. The summed E-state index contributed by atoms with van der Waals surface area (Å²) in [6, 6.07) is 8.07. The standard InChI is InChI=1S/C24H35N3O3S/c1-17-18(2)20(4)24(21(5)19(17)3)31(28,29)25-11-12-26-13-15-27(16-14-26)22-9-7-8-10-23(22)30-6/h7-10,25H,11-16H2,1-6H3. The molecule has 7 heteroatoms. The molecule has 0 aliphatic carbocycles. The van der Waals surface area contributed by atoms with Crippen molar-refractivity contribution in [2.75, 3.05) is 51.3 Å². The Morgan fingerprint density at radius 3 is 2.00 bits per heavy atom. The molecule has 1 aliphatic rings. The summed E-state index contributed by atoms with van der Waals surface area (Å²) >= 11 is 0. The molecule has 1 N–H and O–H groups in total. The molecule has 0 spiro atoms. The normalized spacial score (nSPS) is 15.4. The minimum Gasteiger partial charge on any atom is -0.495 e. The molecule has 1 heterocycles. The fraction of sp³-hybridized carbons (Fsp3) is 0.500. The fourth-order valence-electron chi connectivity index (χ4n) is 4.38. The molecule has 31 heavy (non-hydrogen) atoms. The molecule has 0 saturated carbocycles. The molecule has 6 nitrogen and oxygen atoms in total. The molecule has 0 unspecified atom stereocenters. The second-order valence-electron chi connectivity index (χ2n) is 8.35. The monoisotopic (exact) mass is 445 g/mol. The van der Waals surface area contributed by atoms with Gasteiger partial charge in [0.2, 0.25) is 10.0 Å². The Hall–Kier alpha value is -2.09. The Labute approximate surface area is 187 Å². The van der Waals surface area contributed by atoms with Crippen LogP contribution in [-0.2, 0) is 10.0 Å². The number of benzene rings is 2. The molecule has 1 fully saturated rings. The van der Waals surface area contributed by atoms with Crippen LogP contribution in [0.15, 0.2) is 29.2 Å². The molecular weight excluding hydrogens is 410 g/mol. The van der Waals surface area contributed by atoms with Crippen LogP contribution < -0.4 is 14.4 Å². The summed E-state index contributed by atoms with van der Waals surface area (Å²) < 4.78 is 34.5. The van der Waals surface area contributed by atoms with Gasteiger partial charge in [-0.2, -0.15) is 0 Å². The lowest BCUT2D eigenvalue weighted by Crippen LogP contribution is -2.48. The van der Waals surface area contributed by atoms with Crippen molar-refractivity contribution in [2.24, 2.45) is 0 Å². The number of anilines is 1. The first-order valence-corrected chi connectivity index (χ1v) is 12.3. The number of para-hydroxylation sites is 2. The highest BCUT2D eigenvalue weighted by atomic mass is 32.2. The minimum atomic E-state index is -3.55. The predicted octanol–water partition coefficient (Wildman–Crippen LogP) is 3.34. The molecule has 1 saturated heterocycles. The molecule has 2 aromatic rings. The van der Waals surface area contributed by atoms with E-state index in [-0.39, 0.29) is 0 Å². The van der Waals surface area contributed by atoms with Crippen molar-refractivity contribution in [2.45, 2.75) is 39.5 Å². The number of nitrogens with zero attached hydrogens (tertiary/aromatic N) is 2. The molecule has 0 amide bonds. The van der Waals surface area contributed by atoms with E-state index in [2.05, 4.69) is 27.5 Å².